The summed E-state index contributed by atoms with van der Waals surface area (Å²) >= 11 is 0. The van der Waals surface area contributed by atoms with Crippen LogP contribution in [-0.2, 0) is 0 Å². The van der Waals surface area contributed by atoms with Gasteiger partial charge in [0.2, 0.25) is 0 Å². The molecule has 0 heterocycles. The minimum absolute atomic E-state index is 0.555. The summed E-state index contributed by atoms with van der Waals surface area (Å²) in [6, 6.07) is 1.16. The number of hydrogen-bond donors (Lipinski definition) is 2. The fourth-order valence-electron chi connectivity index (χ4n) is 2.87. The average Bonchev–Trinajstić information content (AvgIpc) is 2.42. The van der Waals surface area contributed by atoms with Crippen molar-refractivity contribution < 1.29 is 0 Å². The standard InChI is InChI=1S/C16H34N4/c1-13(2)11-15(20(4)5)12-18-16(17-3)19-14-9-7-6-8-10-14/h13-15H,6-12H2,1-5H3,(H2,17,18,19). The third kappa shape index (κ3) is 6.60. The second-order valence-electron chi connectivity index (χ2n) is 6.68. The van der Waals surface area contributed by atoms with E-state index < -0.39 is 0 Å². The Labute approximate surface area is 125 Å². The summed E-state index contributed by atoms with van der Waals surface area (Å²) < 4.78 is 0. The van der Waals surface area contributed by atoms with Crippen LogP contribution in [0.15, 0.2) is 4.99 Å². The molecule has 2 N–H and O–H groups in total. The Hall–Kier alpha value is -0.770. The van der Waals surface area contributed by atoms with Crippen molar-refractivity contribution in [3.05, 3.63) is 0 Å². The molecule has 4 nitrogen and oxygen atoms in total. The summed E-state index contributed by atoms with van der Waals surface area (Å²) in [5, 5.41) is 7.07. The van der Waals surface area contributed by atoms with Gasteiger partial charge >= 0.3 is 0 Å². The zero-order valence-corrected chi connectivity index (χ0v) is 14.1. The van der Waals surface area contributed by atoms with Crippen molar-refractivity contribution in [2.75, 3.05) is 27.7 Å². The van der Waals surface area contributed by atoms with Crippen molar-refractivity contribution in [1.29, 1.82) is 0 Å². The van der Waals surface area contributed by atoms with Crippen molar-refractivity contribution in [3.8, 4) is 0 Å². The number of rotatable bonds is 6. The van der Waals surface area contributed by atoms with E-state index in [0.717, 1.165) is 18.4 Å². The van der Waals surface area contributed by atoms with Crippen LogP contribution in [0.25, 0.3) is 0 Å². The van der Waals surface area contributed by atoms with Gasteiger partial charge in [-0.2, -0.15) is 0 Å². The lowest BCUT2D eigenvalue weighted by Crippen LogP contribution is -2.48. The highest BCUT2D eigenvalue weighted by Crippen LogP contribution is 2.17. The lowest BCUT2D eigenvalue weighted by Gasteiger charge is -2.29. The van der Waals surface area contributed by atoms with Gasteiger partial charge in [0.05, 0.1) is 0 Å². The van der Waals surface area contributed by atoms with Gasteiger partial charge in [-0.15, -0.1) is 0 Å². The maximum atomic E-state index is 4.37. The van der Waals surface area contributed by atoms with Gasteiger partial charge in [-0.1, -0.05) is 33.1 Å². The predicted octanol–water partition coefficient (Wildman–Crippen LogP) is 2.46. The molecule has 1 saturated carbocycles. The molecule has 0 saturated heterocycles. The van der Waals surface area contributed by atoms with Crippen molar-refractivity contribution in [3.63, 3.8) is 0 Å². The highest BCUT2D eigenvalue weighted by Gasteiger charge is 2.17. The molecule has 1 fully saturated rings. The van der Waals surface area contributed by atoms with Gasteiger partial charge in [0.25, 0.3) is 0 Å². The van der Waals surface area contributed by atoms with Crippen LogP contribution in [0.4, 0.5) is 0 Å². The van der Waals surface area contributed by atoms with E-state index in [9.17, 15) is 0 Å². The number of likely N-dealkylation sites (N-methyl/N-ethyl adjacent to an activating group) is 1. The molecule has 0 bridgehead atoms. The first kappa shape index (κ1) is 17.3. The SMILES string of the molecule is CN=C(NCC(CC(C)C)N(C)C)NC1CCCCC1. The first-order valence-electron chi connectivity index (χ1n) is 8.16. The summed E-state index contributed by atoms with van der Waals surface area (Å²) in [7, 11) is 6.18. The molecule has 4 heteroatoms. The molecule has 0 aromatic carbocycles. The molecule has 1 aliphatic rings. The van der Waals surface area contributed by atoms with Crippen LogP contribution in [-0.4, -0.2) is 50.6 Å². The molecule has 1 rings (SSSR count). The molecule has 20 heavy (non-hydrogen) atoms. The molecule has 0 spiro atoms. The van der Waals surface area contributed by atoms with E-state index >= 15 is 0 Å². The van der Waals surface area contributed by atoms with E-state index in [-0.39, 0.29) is 0 Å². The first-order chi connectivity index (χ1) is 9.52. The van der Waals surface area contributed by atoms with E-state index in [1.807, 2.05) is 7.05 Å². The van der Waals surface area contributed by atoms with Gasteiger partial charge in [0.1, 0.15) is 0 Å². The quantitative estimate of drug-likeness (QED) is 0.581. The van der Waals surface area contributed by atoms with E-state index in [0.29, 0.717) is 12.1 Å². The van der Waals surface area contributed by atoms with Gasteiger partial charge in [-0.05, 0) is 39.3 Å². The molecular weight excluding hydrogens is 248 g/mol. The molecule has 1 unspecified atom stereocenters. The third-order valence-electron chi connectivity index (χ3n) is 4.15. The molecule has 118 valence electrons. The Morgan fingerprint density at radius 1 is 1.20 bits per heavy atom. The summed E-state index contributed by atoms with van der Waals surface area (Å²) in [5.74, 6) is 1.69. The minimum Gasteiger partial charge on any atom is -0.355 e. The fraction of sp³-hybridized carbons (Fsp3) is 0.938. The molecule has 0 amide bonds. The largest absolute Gasteiger partial charge is 0.355 e. The fourth-order valence-corrected chi connectivity index (χ4v) is 2.87. The van der Waals surface area contributed by atoms with Crippen LogP contribution in [0.1, 0.15) is 52.4 Å². The van der Waals surface area contributed by atoms with E-state index in [2.05, 4.69) is 48.5 Å². The van der Waals surface area contributed by atoms with Crippen molar-refractivity contribution >= 4 is 5.96 Å². The van der Waals surface area contributed by atoms with Gasteiger partial charge in [0.15, 0.2) is 5.96 Å². The molecule has 1 atom stereocenters. The first-order valence-corrected chi connectivity index (χ1v) is 8.16. The maximum Gasteiger partial charge on any atom is 0.191 e. The van der Waals surface area contributed by atoms with E-state index in [4.69, 9.17) is 0 Å². The third-order valence-corrected chi connectivity index (χ3v) is 4.15. The highest BCUT2D eigenvalue weighted by molar-refractivity contribution is 5.80. The second kappa shape index (κ2) is 9.22. The molecule has 1 aliphatic carbocycles. The Morgan fingerprint density at radius 3 is 2.35 bits per heavy atom. The number of guanidine groups is 1. The zero-order valence-electron chi connectivity index (χ0n) is 14.1. The number of nitrogens with one attached hydrogen (secondary N) is 2. The van der Waals surface area contributed by atoms with Gasteiger partial charge in [0, 0.05) is 25.7 Å². The Balaban J connectivity index is 2.38. The normalized spacial score (nSPS) is 19.4. The maximum absolute atomic E-state index is 4.37. The number of nitrogens with zero attached hydrogens (tertiary/aromatic N) is 2. The molecule has 0 aromatic heterocycles. The lowest BCUT2D eigenvalue weighted by molar-refractivity contribution is 0.254. The number of aliphatic imine (C=N–C) groups is 1. The Kier molecular flexibility index (Phi) is 7.97. The van der Waals surface area contributed by atoms with Gasteiger partial charge in [-0.3, -0.25) is 4.99 Å². The molecule has 0 radical (unpaired) electrons. The Morgan fingerprint density at radius 2 is 1.85 bits per heavy atom. The second-order valence-corrected chi connectivity index (χ2v) is 6.68. The van der Waals surface area contributed by atoms with Gasteiger partial charge < -0.3 is 15.5 Å². The predicted molar refractivity (Wildman–Crippen MR) is 88.3 cm³/mol. The van der Waals surface area contributed by atoms with Gasteiger partial charge in [-0.25, -0.2) is 0 Å². The highest BCUT2D eigenvalue weighted by atomic mass is 15.2. The smallest absolute Gasteiger partial charge is 0.191 e. The summed E-state index contributed by atoms with van der Waals surface area (Å²) in [6.07, 6.45) is 7.86. The lowest BCUT2D eigenvalue weighted by atomic mass is 9.96. The van der Waals surface area contributed by atoms with Crippen molar-refractivity contribution in [2.45, 2.75) is 64.5 Å². The zero-order chi connectivity index (χ0) is 15.0. The van der Waals surface area contributed by atoms with E-state index in [1.54, 1.807) is 0 Å². The van der Waals surface area contributed by atoms with Crippen LogP contribution < -0.4 is 10.6 Å². The Bertz CT molecular complexity index is 280. The van der Waals surface area contributed by atoms with Crippen LogP contribution in [0.3, 0.4) is 0 Å². The molecule has 0 aliphatic heterocycles. The van der Waals surface area contributed by atoms with Crippen LogP contribution in [0.5, 0.6) is 0 Å². The van der Waals surface area contributed by atoms with Crippen molar-refractivity contribution in [1.82, 2.24) is 15.5 Å². The monoisotopic (exact) mass is 282 g/mol. The van der Waals surface area contributed by atoms with Crippen LogP contribution >= 0.6 is 0 Å². The van der Waals surface area contributed by atoms with E-state index in [1.165, 1.54) is 38.5 Å². The minimum atomic E-state index is 0.555. The topological polar surface area (TPSA) is 39.7 Å². The van der Waals surface area contributed by atoms with Crippen molar-refractivity contribution in [2.24, 2.45) is 10.9 Å². The summed E-state index contributed by atoms with van der Waals surface area (Å²) in [4.78, 5) is 6.67. The summed E-state index contributed by atoms with van der Waals surface area (Å²) in [6.45, 7) is 5.52. The van der Waals surface area contributed by atoms with Crippen LogP contribution in [0, 0.1) is 5.92 Å². The average molecular weight is 282 g/mol. The van der Waals surface area contributed by atoms with Crippen LogP contribution in [0.2, 0.25) is 0 Å². The molecule has 0 aromatic rings. The molecular formula is C16H34N4. The summed E-state index contributed by atoms with van der Waals surface area (Å²) in [5.41, 5.74) is 0. The number of hydrogen-bond acceptors (Lipinski definition) is 2.